The first-order valence-electron chi connectivity index (χ1n) is 9.47. The number of phenolic OH excluding ortho intramolecular Hbond substituents is 2. The fourth-order valence-corrected chi connectivity index (χ4v) is 3.84. The van der Waals surface area contributed by atoms with E-state index in [1.54, 1.807) is 24.4 Å². The molecule has 156 valence electrons. The fraction of sp³-hybridized carbons (Fsp3) is 0.238. The van der Waals surface area contributed by atoms with Crippen molar-refractivity contribution in [2.75, 3.05) is 31.1 Å². The van der Waals surface area contributed by atoms with Gasteiger partial charge in [-0.25, -0.2) is 4.79 Å². The number of carbonyl (C=O) groups is 1. The van der Waals surface area contributed by atoms with Gasteiger partial charge in [-0.05, 0) is 23.8 Å². The van der Waals surface area contributed by atoms with Crippen LogP contribution >= 0.6 is 11.6 Å². The summed E-state index contributed by atoms with van der Waals surface area (Å²) in [5.74, 6) is -1.19. The predicted octanol–water partition coefficient (Wildman–Crippen LogP) is 3.16. The number of aromatic hydroxyl groups is 2. The van der Waals surface area contributed by atoms with Crippen LogP contribution in [0.5, 0.6) is 11.5 Å². The molecule has 3 aromatic rings. The van der Waals surface area contributed by atoms with Gasteiger partial charge in [-0.3, -0.25) is 10.00 Å². The molecule has 4 N–H and O–H groups in total. The molecule has 1 aliphatic heterocycles. The number of rotatable bonds is 5. The van der Waals surface area contributed by atoms with Crippen molar-refractivity contribution < 1.29 is 20.1 Å². The highest BCUT2D eigenvalue weighted by Gasteiger charge is 2.23. The van der Waals surface area contributed by atoms with Gasteiger partial charge in [0.05, 0.1) is 28.2 Å². The number of nitrogens with zero attached hydrogens (tertiary/aromatic N) is 3. The molecule has 1 fully saturated rings. The second-order valence-corrected chi connectivity index (χ2v) is 7.63. The molecule has 0 amide bonds. The first-order chi connectivity index (χ1) is 14.4. The molecular formula is C21H21ClN4O4. The number of hydrogen-bond donors (Lipinski definition) is 4. The van der Waals surface area contributed by atoms with Crippen LogP contribution in [0, 0.1) is 0 Å². The molecule has 0 aliphatic carbocycles. The maximum absolute atomic E-state index is 11.2. The summed E-state index contributed by atoms with van der Waals surface area (Å²) in [4.78, 5) is 15.6. The van der Waals surface area contributed by atoms with Gasteiger partial charge in [-0.15, -0.1) is 0 Å². The molecule has 0 saturated carbocycles. The van der Waals surface area contributed by atoms with E-state index in [0.717, 1.165) is 37.4 Å². The number of anilines is 1. The Bertz CT molecular complexity index is 1080. The second-order valence-electron chi connectivity index (χ2n) is 7.22. The Morgan fingerprint density at radius 2 is 1.87 bits per heavy atom. The summed E-state index contributed by atoms with van der Waals surface area (Å²) in [6.07, 6.45) is 1.71. The van der Waals surface area contributed by atoms with Crippen molar-refractivity contribution in [3.63, 3.8) is 0 Å². The third-order valence-electron chi connectivity index (χ3n) is 5.25. The summed E-state index contributed by atoms with van der Waals surface area (Å²) < 4.78 is 0. The van der Waals surface area contributed by atoms with Crippen LogP contribution in [0.4, 0.5) is 5.69 Å². The van der Waals surface area contributed by atoms with Crippen molar-refractivity contribution in [2.24, 2.45) is 0 Å². The minimum Gasteiger partial charge on any atom is -0.507 e. The summed E-state index contributed by atoms with van der Waals surface area (Å²) in [6, 6.07) is 9.72. The topological polar surface area (TPSA) is 113 Å². The monoisotopic (exact) mass is 428 g/mol. The van der Waals surface area contributed by atoms with Crippen LogP contribution in [-0.4, -0.2) is 62.6 Å². The Labute approximate surface area is 177 Å². The molecule has 8 nitrogen and oxygen atoms in total. The van der Waals surface area contributed by atoms with E-state index in [1.807, 2.05) is 6.07 Å². The SMILES string of the molecule is O=C(O)c1cccc(CN2CCN(c3cn[nH]c3-c3cc(Cl)c(O)cc3O)CC2)c1. The molecule has 1 saturated heterocycles. The van der Waals surface area contributed by atoms with E-state index in [-0.39, 0.29) is 16.5 Å². The number of phenols is 2. The number of halogens is 1. The van der Waals surface area contributed by atoms with Crippen molar-refractivity contribution in [3.05, 3.63) is 58.7 Å². The molecule has 0 unspecified atom stereocenters. The average molecular weight is 429 g/mol. The number of nitrogens with one attached hydrogen (secondary N) is 1. The van der Waals surface area contributed by atoms with E-state index < -0.39 is 5.97 Å². The molecule has 2 heterocycles. The van der Waals surface area contributed by atoms with Crippen LogP contribution in [-0.2, 0) is 6.54 Å². The zero-order chi connectivity index (χ0) is 21.3. The normalized spacial score (nSPS) is 14.8. The van der Waals surface area contributed by atoms with Crippen LogP contribution in [0.1, 0.15) is 15.9 Å². The zero-order valence-electron chi connectivity index (χ0n) is 16.0. The van der Waals surface area contributed by atoms with Crippen molar-refractivity contribution in [1.29, 1.82) is 0 Å². The standard InChI is InChI=1S/C21H21ClN4O4/c22-16-9-15(18(27)10-19(16)28)20-17(11-23-24-20)26-6-4-25(5-7-26)12-13-2-1-3-14(8-13)21(29)30/h1-3,8-11,27-28H,4-7,12H2,(H,23,24)(H,29,30). The van der Waals surface area contributed by atoms with E-state index >= 15 is 0 Å². The first-order valence-corrected chi connectivity index (χ1v) is 9.85. The fourth-order valence-electron chi connectivity index (χ4n) is 3.68. The van der Waals surface area contributed by atoms with Crippen molar-refractivity contribution in [1.82, 2.24) is 15.1 Å². The van der Waals surface area contributed by atoms with E-state index in [9.17, 15) is 15.0 Å². The van der Waals surface area contributed by atoms with Crippen molar-refractivity contribution in [2.45, 2.75) is 6.54 Å². The van der Waals surface area contributed by atoms with E-state index in [2.05, 4.69) is 20.0 Å². The number of hydrogen-bond acceptors (Lipinski definition) is 6. The van der Waals surface area contributed by atoms with Crippen LogP contribution in [0.2, 0.25) is 5.02 Å². The van der Waals surface area contributed by atoms with Gasteiger partial charge in [0, 0.05) is 44.4 Å². The van der Waals surface area contributed by atoms with Crippen molar-refractivity contribution in [3.8, 4) is 22.8 Å². The molecule has 1 aliphatic rings. The zero-order valence-corrected chi connectivity index (χ0v) is 16.8. The average Bonchev–Trinajstić information content (AvgIpc) is 3.21. The highest BCUT2D eigenvalue weighted by Crippen LogP contribution is 2.40. The van der Waals surface area contributed by atoms with Gasteiger partial charge in [-0.1, -0.05) is 23.7 Å². The molecule has 0 bridgehead atoms. The third-order valence-corrected chi connectivity index (χ3v) is 5.55. The molecular weight excluding hydrogens is 408 g/mol. The second kappa shape index (κ2) is 8.25. The van der Waals surface area contributed by atoms with Gasteiger partial charge in [0.25, 0.3) is 0 Å². The number of carboxylic acids is 1. The molecule has 0 spiro atoms. The van der Waals surface area contributed by atoms with Gasteiger partial charge in [0.15, 0.2) is 0 Å². The lowest BCUT2D eigenvalue weighted by Crippen LogP contribution is -2.46. The lowest BCUT2D eigenvalue weighted by Gasteiger charge is -2.36. The van der Waals surface area contributed by atoms with Crippen molar-refractivity contribution >= 4 is 23.3 Å². The lowest BCUT2D eigenvalue weighted by molar-refractivity contribution is 0.0696. The highest BCUT2D eigenvalue weighted by molar-refractivity contribution is 6.32. The Morgan fingerprint density at radius 1 is 1.10 bits per heavy atom. The first kappa shape index (κ1) is 20.1. The van der Waals surface area contributed by atoms with E-state index in [1.165, 1.54) is 12.1 Å². The van der Waals surface area contributed by atoms with Crippen LogP contribution in [0.15, 0.2) is 42.6 Å². The minimum absolute atomic E-state index is 0.0839. The number of aromatic nitrogens is 2. The van der Waals surface area contributed by atoms with Gasteiger partial charge < -0.3 is 20.2 Å². The Balaban J connectivity index is 1.46. The van der Waals surface area contributed by atoms with E-state index in [4.69, 9.17) is 16.7 Å². The van der Waals surface area contributed by atoms with Gasteiger partial charge in [0.1, 0.15) is 11.5 Å². The summed E-state index contributed by atoms with van der Waals surface area (Å²) in [5, 5.41) is 36.3. The number of carboxylic acid groups (broad SMARTS) is 1. The maximum Gasteiger partial charge on any atom is 0.335 e. The molecule has 4 rings (SSSR count). The smallest absolute Gasteiger partial charge is 0.335 e. The largest absolute Gasteiger partial charge is 0.507 e. The molecule has 9 heteroatoms. The number of benzene rings is 2. The molecule has 30 heavy (non-hydrogen) atoms. The summed E-state index contributed by atoms with van der Waals surface area (Å²) in [6.45, 7) is 3.77. The summed E-state index contributed by atoms with van der Waals surface area (Å²) in [5.41, 5.74) is 3.22. The van der Waals surface area contributed by atoms with E-state index in [0.29, 0.717) is 23.4 Å². The molecule has 0 atom stereocenters. The highest BCUT2D eigenvalue weighted by atomic mass is 35.5. The number of aromatic amines is 1. The third kappa shape index (κ3) is 4.05. The Hall–Kier alpha value is -3.23. The maximum atomic E-state index is 11.2. The Morgan fingerprint density at radius 3 is 2.60 bits per heavy atom. The number of piperazine rings is 1. The van der Waals surface area contributed by atoms with Gasteiger partial charge >= 0.3 is 5.97 Å². The summed E-state index contributed by atoms with van der Waals surface area (Å²) >= 11 is 6.02. The van der Waals surface area contributed by atoms with Crippen LogP contribution in [0.25, 0.3) is 11.3 Å². The lowest BCUT2D eigenvalue weighted by atomic mass is 10.1. The molecule has 1 aromatic heterocycles. The molecule has 2 aromatic carbocycles. The molecule has 0 radical (unpaired) electrons. The van der Waals surface area contributed by atoms with Gasteiger partial charge in [-0.2, -0.15) is 5.10 Å². The number of aromatic carboxylic acids is 1. The summed E-state index contributed by atoms with van der Waals surface area (Å²) in [7, 11) is 0. The van der Waals surface area contributed by atoms with Gasteiger partial charge in [0.2, 0.25) is 0 Å². The predicted molar refractivity (Wildman–Crippen MR) is 113 cm³/mol. The minimum atomic E-state index is -0.924. The van der Waals surface area contributed by atoms with Crippen LogP contribution < -0.4 is 4.90 Å². The Kier molecular flexibility index (Phi) is 5.52. The number of H-pyrrole nitrogens is 1. The van der Waals surface area contributed by atoms with Crippen LogP contribution in [0.3, 0.4) is 0 Å². The quantitative estimate of drug-likeness (QED) is 0.493.